The van der Waals surface area contributed by atoms with Crippen molar-refractivity contribution in [2.75, 3.05) is 7.11 Å². The third-order valence-electron chi connectivity index (χ3n) is 10.8. The Balaban J connectivity index is 1.68. The molecule has 190 valence electrons. The zero-order valence-corrected chi connectivity index (χ0v) is 20.5. The molecule has 4 saturated carbocycles. The predicted molar refractivity (Wildman–Crippen MR) is 120 cm³/mol. The lowest BCUT2D eigenvalue weighted by atomic mass is 9.41. The summed E-state index contributed by atoms with van der Waals surface area (Å²) in [5.74, 6) is -5.52. The maximum atomic E-state index is 11.7. The van der Waals surface area contributed by atoms with Gasteiger partial charge in [-0.2, -0.15) is 0 Å². The Kier molecular flexibility index (Phi) is 6.04. The van der Waals surface area contributed by atoms with Gasteiger partial charge in [0.2, 0.25) is 0 Å². The normalized spacial score (nSPS) is 48.8. The molecular weight excluding hydrogens is 426 g/mol. The van der Waals surface area contributed by atoms with Gasteiger partial charge in [-0.15, -0.1) is 0 Å². The first kappa shape index (κ1) is 25.3. The SMILES string of the molecule is COC(=O)CC[C@@H](C)[C@H]1CC[C@H]2[C@H]3[C@H](CC(O)(O)[C@]12C)[C@@]1(C)CC[C@@](N)(O)C[C@H]1CC3(O)O. The summed E-state index contributed by atoms with van der Waals surface area (Å²) >= 11 is 0. The lowest BCUT2D eigenvalue weighted by molar-refractivity contribution is -0.368. The van der Waals surface area contributed by atoms with E-state index in [0.29, 0.717) is 25.7 Å². The second kappa shape index (κ2) is 7.87. The molecule has 0 amide bonds. The molecule has 9 atom stereocenters. The van der Waals surface area contributed by atoms with Gasteiger partial charge in [-0.05, 0) is 73.5 Å². The number of aliphatic hydroxyl groups is 5. The van der Waals surface area contributed by atoms with E-state index in [-0.39, 0.29) is 66.7 Å². The molecule has 33 heavy (non-hydrogen) atoms. The van der Waals surface area contributed by atoms with Crippen LogP contribution >= 0.6 is 0 Å². The first-order chi connectivity index (χ1) is 15.1. The van der Waals surface area contributed by atoms with Crippen molar-refractivity contribution in [1.29, 1.82) is 0 Å². The van der Waals surface area contributed by atoms with Gasteiger partial charge in [-0.1, -0.05) is 20.8 Å². The number of rotatable bonds is 4. The van der Waals surface area contributed by atoms with Crippen LogP contribution < -0.4 is 5.73 Å². The van der Waals surface area contributed by atoms with Crippen LogP contribution in [0.25, 0.3) is 0 Å². The van der Waals surface area contributed by atoms with Gasteiger partial charge in [0.15, 0.2) is 11.6 Å². The Morgan fingerprint density at radius 2 is 1.70 bits per heavy atom. The van der Waals surface area contributed by atoms with Crippen molar-refractivity contribution < 1.29 is 35.1 Å². The van der Waals surface area contributed by atoms with E-state index in [1.807, 2.05) is 13.8 Å². The van der Waals surface area contributed by atoms with Gasteiger partial charge >= 0.3 is 5.97 Å². The molecule has 0 aliphatic heterocycles. The van der Waals surface area contributed by atoms with E-state index in [2.05, 4.69) is 6.92 Å². The summed E-state index contributed by atoms with van der Waals surface area (Å²) in [5, 5.41) is 56.4. The summed E-state index contributed by atoms with van der Waals surface area (Å²) in [7, 11) is 1.36. The molecule has 0 radical (unpaired) electrons. The van der Waals surface area contributed by atoms with E-state index in [1.54, 1.807) is 0 Å². The Morgan fingerprint density at radius 3 is 2.33 bits per heavy atom. The van der Waals surface area contributed by atoms with Crippen LogP contribution in [0.2, 0.25) is 0 Å². The quantitative estimate of drug-likeness (QED) is 0.267. The molecule has 8 nitrogen and oxygen atoms in total. The average molecular weight is 470 g/mol. The van der Waals surface area contributed by atoms with Crippen LogP contribution in [0, 0.1) is 46.3 Å². The molecule has 0 aromatic carbocycles. The number of carbonyl (C=O) groups excluding carboxylic acids is 1. The minimum atomic E-state index is -1.98. The van der Waals surface area contributed by atoms with E-state index in [9.17, 15) is 30.3 Å². The molecule has 0 saturated heterocycles. The summed E-state index contributed by atoms with van der Waals surface area (Å²) in [4.78, 5) is 11.7. The number of nitrogens with two attached hydrogens (primary N) is 1. The topological polar surface area (TPSA) is 153 Å². The van der Waals surface area contributed by atoms with Gasteiger partial charge in [-0.3, -0.25) is 4.79 Å². The number of esters is 1. The molecular formula is C25H43NO7. The second-order valence-corrected chi connectivity index (χ2v) is 12.4. The Bertz CT molecular complexity index is 783. The number of methoxy groups -OCH3 is 1. The largest absolute Gasteiger partial charge is 0.469 e. The van der Waals surface area contributed by atoms with Gasteiger partial charge < -0.3 is 36.0 Å². The molecule has 0 unspecified atom stereocenters. The van der Waals surface area contributed by atoms with Gasteiger partial charge in [0, 0.05) is 30.6 Å². The number of hydrogen-bond donors (Lipinski definition) is 6. The van der Waals surface area contributed by atoms with Crippen LogP contribution in [-0.4, -0.2) is 55.9 Å². The second-order valence-electron chi connectivity index (χ2n) is 12.4. The van der Waals surface area contributed by atoms with Gasteiger partial charge in [0.05, 0.1) is 7.11 Å². The maximum Gasteiger partial charge on any atom is 0.305 e. The third kappa shape index (κ3) is 3.76. The van der Waals surface area contributed by atoms with Crippen molar-refractivity contribution in [2.45, 2.75) is 95.9 Å². The van der Waals surface area contributed by atoms with E-state index in [4.69, 9.17) is 10.5 Å². The third-order valence-corrected chi connectivity index (χ3v) is 10.8. The Labute approximate surface area is 196 Å². The predicted octanol–water partition coefficient (Wildman–Crippen LogP) is 1.46. The number of hydrogen-bond acceptors (Lipinski definition) is 8. The molecule has 0 heterocycles. The highest BCUT2D eigenvalue weighted by atomic mass is 16.5. The van der Waals surface area contributed by atoms with Gasteiger partial charge in [0.25, 0.3) is 0 Å². The Morgan fingerprint density at radius 1 is 1.03 bits per heavy atom. The van der Waals surface area contributed by atoms with E-state index in [0.717, 1.165) is 6.42 Å². The zero-order chi connectivity index (χ0) is 24.6. The van der Waals surface area contributed by atoms with Gasteiger partial charge in [0.1, 0.15) is 5.72 Å². The van der Waals surface area contributed by atoms with Crippen LogP contribution in [-0.2, 0) is 9.53 Å². The average Bonchev–Trinajstić information content (AvgIpc) is 3.06. The fraction of sp³-hybridized carbons (Fsp3) is 0.960. The number of carbonyl (C=O) groups is 1. The smallest absolute Gasteiger partial charge is 0.305 e. The molecule has 0 aromatic heterocycles. The molecule has 0 spiro atoms. The highest BCUT2D eigenvalue weighted by Crippen LogP contribution is 2.72. The maximum absolute atomic E-state index is 11.7. The van der Waals surface area contributed by atoms with Crippen molar-refractivity contribution in [1.82, 2.24) is 0 Å². The van der Waals surface area contributed by atoms with Crippen molar-refractivity contribution >= 4 is 5.97 Å². The molecule has 0 bridgehead atoms. The zero-order valence-electron chi connectivity index (χ0n) is 20.5. The van der Waals surface area contributed by atoms with Crippen LogP contribution in [0.15, 0.2) is 0 Å². The summed E-state index contributed by atoms with van der Waals surface area (Å²) in [6.07, 6.45) is 3.76. The molecule has 4 rings (SSSR count). The molecule has 4 fully saturated rings. The summed E-state index contributed by atoms with van der Waals surface area (Å²) in [5.41, 5.74) is 3.41. The number of ether oxygens (including phenoxy) is 1. The first-order valence-corrected chi connectivity index (χ1v) is 12.6. The van der Waals surface area contributed by atoms with Crippen molar-refractivity contribution in [3.63, 3.8) is 0 Å². The lowest BCUT2D eigenvalue weighted by Gasteiger charge is -2.67. The van der Waals surface area contributed by atoms with Crippen molar-refractivity contribution in [3.05, 3.63) is 0 Å². The molecule has 7 N–H and O–H groups in total. The highest BCUT2D eigenvalue weighted by Gasteiger charge is 2.73. The highest BCUT2D eigenvalue weighted by molar-refractivity contribution is 5.69. The molecule has 4 aliphatic carbocycles. The van der Waals surface area contributed by atoms with Crippen LogP contribution in [0.4, 0.5) is 0 Å². The van der Waals surface area contributed by atoms with Crippen molar-refractivity contribution in [2.24, 2.45) is 52.1 Å². The minimum absolute atomic E-state index is 0.0509. The summed E-state index contributed by atoms with van der Waals surface area (Å²) in [6, 6.07) is 0. The van der Waals surface area contributed by atoms with Crippen molar-refractivity contribution in [3.8, 4) is 0 Å². The fourth-order valence-corrected chi connectivity index (χ4v) is 8.87. The van der Waals surface area contributed by atoms with Gasteiger partial charge in [-0.25, -0.2) is 0 Å². The lowest BCUT2D eigenvalue weighted by Crippen LogP contribution is -2.70. The van der Waals surface area contributed by atoms with Crippen LogP contribution in [0.5, 0.6) is 0 Å². The molecule has 8 heteroatoms. The fourth-order valence-electron chi connectivity index (χ4n) is 8.87. The van der Waals surface area contributed by atoms with E-state index >= 15 is 0 Å². The van der Waals surface area contributed by atoms with E-state index < -0.39 is 28.6 Å². The monoisotopic (exact) mass is 469 g/mol. The van der Waals surface area contributed by atoms with E-state index in [1.165, 1.54) is 7.11 Å². The summed E-state index contributed by atoms with van der Waals surface area (Å²) < 4.78 is 4.78. The standard InChI is InChI=1S/C25H43NO7/c1-14(5-8-19(27)33-4)16-6-7-17-20-18(13-25(31,32)22(16,17)3)21(2)9-10-23(26,28)11-15(21)12-24(20,29)30/h14-18,20,28-32H,5-13,26H2,1-4H3/t14-,15+,16-,17+,18+,20+,21+,22-,23-/m1/s1. The molecule has 4 aliphatic rings. The molecule has 0 aromatic rings. The van der Waals surface area contributed by atoms with Crippen LogP contribution in [0.1, 0.15) is 78.6 Å². The first-order valence-electron chi connectivity index (χ1n) is 12.6. The number of fused-ring (bicyclic) bond motifs is 5. The summed E-state index contributed by atoms with van der Waals surface area (Å²) in [6.45, 7) is 6.03. The van der Waals surface area contributed by atoms with Crippen LogP contribution in [0.3, 0.4) is 0 Å². The Hall–Kier alpha value is -0.770. The minimum Gasteiger partial charge on any atom is -0.469 e.